The van der Waals surface area contributed by atoms with Gasteiger partial charge in [0.2, 0.25) is 0 Å². The fourth-order valence-electron chi connectivity index (χ4n) is 3.42. The number of rotatable bonds is 4. The number of hydrogen-bond donors (Lipinski definition) is 3. The largest absolute Gasteiger partial charge is 0.396 e. The van der Waals surface area contributed by atoms with Crippen molar-refractivity contribution in [2.45, 2.75) is 44.6 Å². The Morgan fingerprint density at radius 3 is 2.37 bits per heavy atom. The smallest absolute Gasteiger partial charge is 0.314 e. The zero-order valence-corrected chi connectivity index (χ0v) is 11.7. The number of hydrogen-bond acceptors (Lipinski definition) is 3. The van der Waals surface area contributed by atoms with Gasteiger partial charge < -0.3 is 21.1 Å². The van der Waals surface area contributed by atoms with Crippen LogP contribution in [-0.2, 0) is 0 Å². The second-order valence-electron chi connectivity index (χ2n) is 5.99. The Labute approximate surface area is 115 Å². The molecule has 5 nitrogen and oxygen atoms in total. The van der Waals surface area contributed by atoms with Gasteiger partial charge in [-0.15, -0.1) is 0 Å². The average Bonchev–Trinajstić information content (AvgIpc) is 2.45. The molecule has 0 aromatic heterocycles. The van der Waals surface area contributed by atoms with E-state index in [1.807, 2.05) is 0 Å². The Hall–Kier alpha value is -0.810. The molecule has 4 N–H and O–H groups in total. The molecule has 1 heterocycles. The van der Waals surface area contributed by atoms with E-state index >= 15 is 0 Å². The first kappa shape index (κ1) is 14.6. The average molecular weight is 269 g/mol. The number of aliphatic hydroxyl groups is 1. The van der Waals surface area contributed by atoms with Crippen LogP contribution in [0.4, 0.5) is 4.79 Å². The predicted octanol–water partition coefficient (Wildman–Crippen LogP) is 0.918. The van der Waals surface area contributed by atoms with Crippen molar-refractivity contribution in [3.8, 4) is 0 Å². The summed E-state index contributed by atoms with van der Waals surface area (Å²) in [6, 6.07) is 0.197. The topological polar surface area (TPSA) is 78.6 Å². The molecule has 1 aliphatic carbocycles. The maximum Gasteiger partial charge on any atom is 0.314 e. The highest BCUT2D eigenvalue weighted by Crippen LogP contribution is 2.29. The zero-order chi connectivity index (χ0) is 13.7. The number of likely N-dealkylation sites (tertiary alicyclic amines) is 1. The number of urea groups is 1. The lowest BCUT2D eigenvalue weighted by Gasteiger charge is -2.35. The molecule has 0 spiro atoms. The fraction of sp³-hybridized carbons (Fsp3) is 0.929. The van der Waals surface area contributed by atoms with Gasteiger partial charge in [0, 0.05) is 25.7 Å². The fourth-order valence-corrected chi connectivity index (χ4v) is 3.42. The van der Waals surface area contributed by atoms with Gasteiger partial charge in [-0.2, -0.15) is 0 Å². The highest BCUT2D eigenvalue weighted by molar-refractivity contribution is 5.72. The first-order valence-corrected chi connectivity index (χ1v) is 7.59. The highest BCUT2D eigenvalue weighted by atomic mass is 16.3. The first-order chi connectivity index (χ1) is 9.20. The summed E-state index contributed by atoms with van der Waals surface area (Å²) in [5.74, 6) is 1.10. The quantitative estimate of drug-likeness (QED) is 0.710. The molecule has 0 bridgehead atoms. The Morgan fingerprint density at radius 2 is 1.79 bits per heavy atom. The summed E-state index contributed by atoms with van der Waals surface area (Å²) in [4.78, 5) is 12.8. The minimum atomic E-state index is -0.300. The van der Waals surface area contributed by atoms with Gasteiger partial charge in [0.25, 0.3) is 0 Å². The van der Waals surface area contributed by atoms with E-state index in [9.17, 15) is 9.90 Å². The molecule has 2 amide bonds. The van der Waals surface area contributed by atoms with Crippen molar-refractivity contribution in [3.63, 3.8) is 0 Å². The number of nitrogens with zero attached hydrogens (tertiary/aromatic N) is 1. The van der Waals surface area contributed by atoms with Crippen LogP contribution in [0.15, 0.2) is 0 Å². The minimum Gasteiger partial charge on any atom is -0.396 e. The number of piperidine rings is 1. The van der Waals surface area contributed by atoms with Crippen LogP contribution < -0.4 is 11.1 Å². The second-order valence-corrected chi connectivity index (χ2v) is 5.99. The van der Waals surface area contributed by atoms with E-state index in [1.165, 1.54) is 25.7 Å². The number of amides is 2. The van der Waals surface area contributed by atoms with Crippen molar-refractivity contribution < 1.29 is 9.90 Å². The standard InChI is InChI=1S/C14H27N3O2/c15-14(19)17-7-5-13(6-8-17)16-9-11-3-1-2-4-12(11)10-18/h11-13,16,18H,1-10H2,(H2,15,19). The SMILES string of the molecule is NC(=O)N1CCC(NCC2CCCCC2CO)CC1. The van der Waals surface area contributed by atoms with E-state index in [-0.39, 0.29) is 6.03 Å². The number of carbonyl (C=O) groups excluding carboxylic acids is 1. The molecule has 0 aromatic carbocycles. The van der Waals surface area contributed by atoms with Crippen LogP contribution in [0.3, 0.4) is 0 Å². The summed E-state index contributed by atoms with van der Waals surface area (Å²) in [5.41, 5.74) is 5.28. The lowest BCUT2D eigenvalue weighted by Crippen LogP contribution is -2.48. The van der Waals surface area contributed by atoms with Gasteiger partial charge in [-0.25, -0.2) is 4.79 Å². The Morgan fingerprint density at radius 1 is 1.16 bits per heavy atom. The van der Waals surface area contributed by atoms with Crippen molar-refractivity contribution in [3.05, 3.63) is 0 Å². The molecular weight excluding hydrogens is 242 g/mol. The summed E-state index contributed by atoms with van der Waals surface area (Å²) < 4.78 is 0. The molecule has 19 heavy (non-hydrogen) atoms. The molecule has 2 rings (SSSR count). The van der Waals surface area contributed by atoms with Crippen molar-refractivity contribution in [2.24, 2.45) is 17.6 Å². The van der Waals surface area contributed by atoms with Crippen LogP contribution in [-0.4, -0.2) is 48.3 Å². The third kappa shape index (κ3) is 4.08. The molecule has 2 aliphatic rings. The summed E-state index contributed by atoms with van der Waals surface area (Å²) >= 11 is 0. The zero-order valence-electron chi connectivity index (χ0n) is 11.7. The monoisotopic (exact) mass is 269 g/mol. The molecule has 1 saturated heterocycles. The Balaban J connectivity index is 1.69. The summed E-state index contributed by atoms with van der Waals surface area (Å²) in [6.07, 6.45) is 6.93. The van der Waals surface area contributed by atoms with Crippen LogP contribution in [0.25, 0.3) is 0 Å². The Kier molecular flexibility index (Phi) is 5.45. The molecule has 2 fully saturated rings. The van der Waals surface area contributed by atoms with Crippen molar-refractivity contribution in [1.82, 2.24) is 10.2 Å². The van der Waals surface area contributed by atoms with E-state index in [4.69, 9.17) is 5.73 Å². The van der Waals surface area contributed by atoms with Crippen LogP contribution in [0.5, 0.6) is 0 Å². The van der Waals surface area contributed by atoms with Crippen LogP contribution in [0.1, 0.15) is 38.5 Å². The molecule has 0 radical (unpaired) electrons. The van der Waals surface area contributed by atoms with E-state index in [0.29, 0.717) is 24.5 Å². The molecule has 2 atom stereocenters. The predicted molar refractivity (Wildman–Crippen MR) is 74.7 cm³/mol. The molecule has 2 unspecified atom stereocenters. The van der Waals surface area contributed by atoms with Gasteiger partial charge in [-0.3, -0.25) is 0 Å². The summed E-state index contributed by atoms with van der Waals surface area (Å²) in [5, 5.41) is 13.0. The molecule has 1 saturated carbocycles. The third-order valence-corrected chi connectivity index (χ3v) is 4.78. The maximum atomic E-state index is 11.0. The van der Waals surface area contributed by atoms with Crippen molar-refractivity contribution >= 4 is 6.03 Å². The second kappa shape index (κ2) is 7.10. The third-order valence-electron chi connectivity index (χ3n) is 4.78. The van der Waals surface area contributed by atoms with Gasteiger partial charge >= 0.3 is 6.03 Å². The van der Waals surface area contributed by atoms with Gasteiger partial charge in [0.15, 0.2) is 0 Å². The molecule has 110 valence electrons. The normalized spacial score (nSPS) is 29.4. The maximum absolute atomic E-state index is 11.0. The van der Waals surface area contributed by atoms with Crippen molar-refractivity contribution in [1.29, 1.82) is 0 Å². The van der Waals surface area contributed by atoms with Crippen molar-refractivity contribution in [2.75, 3.05) is 26.2 Å². The number of primary amides is 1. The van der Waals surface area contributed by atoms with Crippen LogP contribution in [0, 0.1) is 11.8 Å². The van der Waals surface area contributed by atoms with Gasteiger partial charge in [-0.05, 0) is 44.1 Å². The Bertz CT molecular complexity index is 290. The summed E-state index contributed by atoms with van der Waals surface area (Å²) in [7, 11) is 0. The van der Waals surface area contributed by atoms with Gasteiger partial charge in [0.1, 0.15) is 0 Å². The van der Waals surface area contributed by atoms with Gasteiger partial charge in [0.05, 0.1) is 0 Å². The van der Waals surface area contributed by atoms with E-state index in [1.54, 1.807) is 4.90 Å². The summed E-state index contributed by atoms with van der Waals surface area (Å²) in [6.45, 7) is 2.86. The van der Waals surface area contributed by atoms with E-state index in [0.717, 1.165) is 32.5 Å². The number of nitrogens with one attached hydrogen (secondary N) is 1. The lowest BCUT2D eigenvalue weighted by molar-refractivity contribution is 0.126. The van der Waals surface area contributed by atoms with Crippen LogP contribution >= 0.6 is 0 Å². The number of aliphatic hydroxyl groups excluding tert-OH is 1. The highest BCUT2D eigenvalue weighted by Gasteiger charge is 2.26. The molecule has 1 aliphatic heterocycles. The lowest BCUT2D eigenvalue weighted by atomic mass is 9.79. The van der Waals surface area contributed by atoms with E-state index in [2.05, 4.69) is 5.32 Å². The molecule has 0 aromatic rings. The number of carbonyl (C=O) groups is 1. The van der Waals surface area contributed by atoms with Crippen LogP contribution in [0.2, 0.25) is 0 Å². The number of nitrogens with two attached hydrogens (primary N) is 1. The minimum absolute atomic E-state index is 0.300. The molecular formula is C14H27N3O2. The first-order valence-electron chi connectivity index (χ1n) is 7.59. The van der Waals surface area contributed by atoms with Gasteiger partial charge in [-0.1, -0.05) is 12.8 Å². The van der Waals surface area contributed by atoms with E-state index < -0.39 is 0 Å². The molecule has 5 heteroatoms.